The summed E-state index contributed by atoms with van der Waals surface area (Å²) in [5.74, 6) is 0. The second-order valence-corrected chi connectivity index (χ2v) is 7.94. The molecule has 7 heteroatoms. The molecule has 0 radical (unpaired) electrons. The fraction of sp³-hybridized carbons (Fsp3) is 0.273. The van der Waals surface area contributed by atoms with Gasteiger partial charge in [0.1, 0.15) is 5.36 Å². The molecule has 5 rings (SSSR count). The zero-order chi connectivity index (χ0) is 19.5. The highest BCUT2D eigenvalue weighted by Crippen LogP contribution is 2.20. The molecule has 0 unspecified atom stereocenters. The Balaban J connectivity index is 1.63. The highest BCUT2D eigenvalue weighted by Gasteiger charge is 2.13. The molecule has 3 heterocycles. The lowest BCUT2D eigenvalue weighted by Crippen LogP contribution is -2.38. The number of para-hydroxylation sites is 2. The van der Waals surface area contributed by atoms with E-state index in [1.165, 1.54) is 11.0 Å². The van der Waals surface area contributed by atoms with Gasteiger partial charge in [0.2, 0.25) is 5.13 Å². The van der Waals surface area contributed by atoms with Gasteiger partial charge in [-0.15, -0.1) is 11.3 Å². The largest absolute Gasteiger partial charge is 0.379 e. The molecule has 0 bridgehead atoms. The third kappa shape index (κ3) is 3.76. The molecule has 29 heavy (non-hydrogen) atoms. The molecular formula is C22H23N5OS. The van der Waals surface area contributed by atoms with E-state index in [0.717, 1.165) is 60.7 Å². The standard InChI is InChI=1S/C22H23N5OS/c1-3-7-19-17(5-1)21(24-25-22-23-9-16-29-22)18-6-2-4-8-20(18)27(19)11-10-26-12-14-28-15-13-26/h1-9,16H,10-15H2,(H,23,25). The second kappa shape index (κ2) is 8.32. The first kappa shape index (κ1) is 18.3. The summed E-state index contributed by atoms with van der Waals surface area (Å²) in [6.45, 7) is 5.60. The van der Waals surface area contributed by atoms with Crippen molar-refractivity contribution in [1.82, 2.24) is 14.5 Å². The lowest BCUT2D eigenvalue weighted by Gasteiger charge is -2.27. The Hall–Kier alpha value is -2.74. The molecule has 4 aromatic rings. The van der Waals surface area contributed by atoms with Crippen molar-refractivity contribution >= 4 is 38.3 Å². The SMILES string of the molecule is c1ccc2c(c1)c(=NNc1nccs1)c1ccccc1n2CCN1CCOCC1. The first-order valence-corrected chi connectivity index (χ1v) is 10.8. The number of rotatable bonds is 5. The number of hydrogen-bond acceptors (Lipinski definition) is 6. The van der Waals surface area contributed by atoms with Crippen molar-refractivity contribution in [2.75, 3.05) is 38.3 Å². The molecule has 1 aliphatic rings. The van der Waals surface area contributed by atoms with E-state index in [0.29, 0.717) is 0 Å². The molecule has 1 fully saturated rings. The maximum atomic E-state index is 5.49. The van der Waals surface area contributed by atoms with Gasteiger partial charge in [-0.05, 0) is 12.1 Å². The smallest absolute Gasteiger partial charge is 0.203 e. The van der Waals surface area contributed by atoms with Crippen molar-refractivity contribution < 1.29 is 4.74 Å². The van der Waals surface area contributed by atoms with Gasteiger partial charge in [-0.2, -0.15) is 5.10 Å². The zero-order valence-electron chi connectivity index (χ0n) is 16.1. The molecule has 2 aromatic carbocycles. The van der Waals surface area contributed by atoms with Crippen LogP contribution in [0.1, 0.15) is 0 Å². The maximum Gasteiger partial charge on any atom is 0.203 e. The lowest BCUT2D eigenvalue weighted by atomic mass is 10.1. The fourth-order valence-corrected chi connectivity index (χ4v) is 4.37. The Kier molecular flexibility index (Phi) is 5.25. The summed E-state index contributed by atoms with van der Waals surface area (Å²) in [5.41, 5.74) is 5.52. The number of fused-ring (bicyclic) bond motifs is 2. The predicted molar refractivity (Wildman–Crippen MR) is 118 cm³/mol. The number of anilines is 1. The minimum Gasteiger partial charge on any atom is -0.379 e. The van der Waals surface area contributed by atoms with E-state index in [2.05, 4.69) is 68.4 Å². The van der Waals surface area contributed by atoms with Crippen LogP contribution in [0.4, 0.5) is 5.13 Å². The summed E-state index contributed by atoms with van der Waals surface area (Å²) in [6, 6.07) is 17.0. The van der Waals surface area contributed by atoms with Crippen LogP contribution in [0, 0.1) is 0 Å². The minimum atomic E-state index is 0.794. The van der Waals surface area contributed by atoms with Crippen LogP contribution in [0.25, 0.3) is 21.8 Å². The summed E-state index contributed by atoms with van der Waals surface area (Å²) >= 11 is 1.54. The second-order valence-electron chi connectivity index (χ2n) is 7.05. The highest BCUT2D eigenvalue weighted by molar-refractivity contribution is 7.13. The molecule has 1 N–H and O–H groups in total. The summed E-state index contributed by atoms with van der Waals surface area (Å²) in [7, 11) is 0. The summed E-state index contributed by atoms with van der Waals surface area (Å²) in [5, 5.41) is 10.7. The third-order valence-electron chi connectivity index (χ3n) is 5.34. The monoisotopic (exact) mass is 405 g/mol. The van der Waals surface area contributed by atoms with Crippen LogP contribution >= 0.6 is 11.3 Å². The van der Waals surface area contributed by atoms with Gasteiger partial charge in [0.05, 0.1) is 24.2 Å². The quantitative estimate of drug-likeness (QED) is 0.408. The van der Waals surface area contributed by atoms with Crippen molar-refractivity contribution in [3.63, 3.8) is 0 Å². The topological polar surface area (TPSA) is 54.7 Å². The van der Waals surface area contributed by atoms with Crippen LogP contribution < -0.4 is 10.8 Å². The van der Waals surface area contributed by atoms with E-state index in [-0.39, 0.29) is 0 Å². The predicted octanol–water partition coefficient (Wildman–Crippen LogP) is 3.51. The van der Waals surface area contributed by atoms with Gasteiger partial charge in [-0.3, -0.25) is 10.3 Å². The van der Waals surface area contributed by atoms with Gasteiger partial charge in [0, 0.05) is 48.5 Å². The van der Waals surface area contributed by atoms with Crippen molar-refractivity contribution in [3.8, 4) is 0 Å². The molecule has 148 valence electrons. The fourth-order valence-electron chi connectivity index (χ4n) is 3.90. The Morgan fingerprint density at radius 1 is 0.966 bits per heavy atom. The number of morpholine rings is 1. The number of thiazole rings is 1. The number of nitrogens with one attached hydrogen (secondary N) is 1. The van der Waals surface area contributed by atoms with E-state index in [9.17, 15) is 0 Å². The number of benzene rings is 2. The number of aromatic nitrogens is 2. The van der Waals surface area contributed by atoms with E-state index < -0.39 is 0 Å². The average Bonchev–Trinajstić information content (AvgIpc) is 3.30. The van der Waals surface area contributed by atoms with Gasteiger partial charge in [-0.1, -0.05) is 36.4 Å². The van der Waals surface area contributed by atoms with Crippen LogP contribution in [0.3, 0.4) is 0 Å². The van der Waals surface area contributed by atoms with Crippen molar-refractivity contribution in [2.24, 2.45) is 5.10 Å². The summed E-state index contributed by atoms with van der Waals surface area (Å²) < 4.78 is 7.91. The Bertz CT molecular complexity index is 1120. The van der Waals surface area contributed by atoms with Crippen molar-refractivity contribution in [3.05, 3.63) is 65.5 Å². The molecule has 1 saturated heterocycles. The minimum absolute atomic E-state index is 0.794. The van der Waals surface area contributed by atoms with E-state index in [1.54, 1.807) is 17.5 Å². The molecule has 0 spiro atoms. The van der Waals surface area contributed by atoms with Gasteiger partial charge >= 0.3 is 0 Å². The van der Waals surface area contributed by atoms with E-state index in [1.807, 2.05) is 5.38 Å². The van der Waals surface area contributed by atoms with Crippen LogP contribution in [0.2, 0.25) is 0 Å². The van der Waals surface area contributed by atoms with Gasteiger partial charge in [0.15, 0.2) is 0 Å². The van der Waals surface area contributed by atoms with Gasteiger partial charge < -0.3 is 9.30 Å². The molecule has 2 aromatic heterocycles. The molecule has 0 saturated carbocycles. The molecule has 0 aliphatic carbocycles. The van der Waals surface area contributed by atoms with Gasteiger partial charge in [-0.25, -0.2) is 4.98 Å². The summed E-state index contributed by atoms with van der Waals surface area (Å²) in [4.78, 5) is 6.76. The molecule has 0 atom stereocenters. The average molecular weight is 406 g/mol. The lowest BCUT2D eigenvalue weighted by molar-refractivity contribution is 0.0366. The Morgan fingerprint density at radius 3 is 2.31 bits per heavy atom. The van der Waals surface area contributed by atoms with Crippen molar-refractivity contribution in [2.45, 2.75) is 6.54 Å². The first-order chi connectivity index (χ1) is 14.4. The Morgan fingerprint density at radius 2 is 1.66 bits per heavy atom. The first-order valence-electron chi connectivity index (χ1n) is 9.90. The number of pyridine rings is 1. The van der Waals surface area contributed by atoms with E-state index >= 15 is 0 Å². The molecule has 1 aliphatic heterocycles. The van der Waals surface area contributed by atoms with E-state index in [4.69, 9.17) is 9.84 Å². The zero-order valence-corrected chi connectivity index (χ0v) is 16.9. The van der Waals surface area contributed by atoms with Crippen LogP contribution in [0.15, 0.2) is 65.2 Å². The molecular weight excluding hydrogens is 382 g/mol. The highest BCUT2D eigenvalue weighted by atomic mass is 32.1. The normalized spacial score (nSPS) is 15.0. The number of ether oxygens (including phenoxy) is 1. The number of nitrogens with zero attached hydrogens (tertiary/aromatic N) is 4. The van der Waals surface area contributed by atoms with Crippen LogP contribution in [0.5, 0.6) is 0 Å². The van der Waals surface area contributed by atoms with Crippen molar-refractivity contribution in [1.29, 1.82) is 0 Å². The molecule has 6 nitrogen and oxygen atoms in total. The molecule has 0 amide bonds. The van der Waals surface area contributed by atoms with Gasteiger partial charge in [0.25, 0.3) is 0 Å². The maximum absolute atomic E-state index is 5.49. The van der Waals surface area contributed by atoms with Crippen LogP contribution in [-0.4, -0.2) is 47.3 Å². The number of hydrogen-bond donors (Lipinski definition) is 1. The summed E-state index contributed by atoms with van der Waals surface area (Å²) in [6.07, 6.45) is 1.78. The third-order valence-corrected chi connectivity index (χ3v) is 6.02. The van der Waals surface area contributed by atoms with Crippen LogP contribution in [-0.2, 0) is 11.3 Å². The Labute approximate surface area is 173 Å².